The highest BCUT2D eigenvalue weighted by Gasteiger charge is 2.06. The molecular weight excluding hydrogens is 294 g/mol. The van der Waals surface area contributed by atoms with Crippen LogP contribution >= 0.6 is 22.7 Å². The topological polar surface area (TPSA) is 64.1 Å². The maximum atomic E-state index is 11.6. The zero-order valence-electron chi connectivity index (χ0n) is 10.4. The van der Waals surface area contributed by atoms with Crippen molar-refractivity contribution in [1.29, 1.82) is 0 Å². The molecule has 0 aliphatic rings. The summed E-state index contributed by atoms with van der Waals surface area (Å²) < 4.78 is 6.50. The number of para-hydroxylation sites is 1. The van der Waals surface area contributed by atoms with Gasteiger partial charge in [-0.3, -0.25) is 10.1 Å². The van der Waals surface area contributed by atoms with Gasteiger partial charge in [-0.15, -0.1) is 22.7 Å². The maximum absolute atomic E-state index is 11.6. The number of carbonyl (C=O) groups excluding carboxylic acids is 1. The summed E-state index contributed by atoms with van der Waals surface area (Å²) in [7, 11) is 0. The first-order valence-electron chi connectivity index (χ1n) is 5.93. The molecule has 1 aromatic carbocycles. The lowest BCUT2D eigenvalue weighted by atomic mass is 10.3. The van der Waals surface area contributed by atoms with Crippen molar-refractivity contribution in [3.63, 3.8) is 0 Å². The Morgan fingerprint density at radius 1 is 1.35 bits per heavy atom. The van der Waals surface area contributed by atoms with E-state index in [0.29, 0.717) is 11.7 Å². The summed E-state index contributed by atoms with van der Waals surface area (Å²) in [4.78, 5) is 20.0. The van der Waals surface area contributed by atoms with Gasteiger partial charge >= 0.3 is 0 Å². The smallest absolute Gasteiger partial charge is 0.252 e. The number of nitrogens with zero attached hydrogens (tertiary/aromatic N) is 2. The highest BCUT2D eigenvalue weighted by molar-refractivity contribution is 7.18. The summed E-state index contributed by atoms with van der Waals surface area (Å²) >= 11 is 2.95. The Morgan fingerprint density at radius 3 is 3.05 bits per heavy atom. The Morgan fingerprint density at radius 2 is 2.25 bits per heavy atom. The Bertz CT molecular complexity index is 676. The van der Waals surface area contributed by atoms with Gasteiger partial charge in [0.2, 0.25) is 0 Å². The number of benzene rings is 1. The van der Waals surface area contributed by atoms with Crippen LogP contribution in [-0.2, 0) is 16.1 Å². The first-order valence-corrected chi connectivity index (χ1v) is 7.62. The Labute approximate surface area is 123 Å². The molecule has 0 fully saturated rings. The first kappa shape index (κ1) is 13.2. The van der Waals surface area contributed by atoms with Crippen LogP contribution in [0.15, 0.2) is 35.8 Å². The number of anilines is 1. The summed E-state index contributed by atoms with van der Waals surface area (Å²) in [6.07, 6.45) is 1.64. The number of aromatic nitrogens is 2. The third-order valence-electron chi connectivity index (χ3n) is 2.48. The highest BCUT2D eigenvalue weighted by atomic mass is 32.1. The molecule has 0 spiro atoms. The highest BCUT2D eigenvalue weighted by Crippen LogP contribution is 2.21. The molecule has 3 aromatic rings. The van der Waals surface area contributed by atoms with Crippen LogP contribution in [-0.4, -0.2) is 22.5 Å². The molecule has 0 atom stereocenters. The Hall–Kier alpha value is -1.83. The van der Waals surface area contributed by atoms with Crippen LogP contribution < -0.4 is 5.32 Å². The van der Waals surface area contributed by atoms with Crippen molar-refractivity contribution >= 4 is 43.9 Å². The lowest BCUT2D eigenvalue weighted by molar-refractivity contribution is -0.121. The van der Waals surface area contributed by atoms with Crippen molar-refractivity contribution in [2.75, 3.05) is 11.9 Å². The fourth-order valence-corrected chi connectivity index (χ4v) is 3.10. The van der Waals surface area contributed by atoms with Crippen molar-refractivity contribution in [2.24, 2.45) is 0 Å². The van der Waals surface area contributed by atoms with E-state index >= 15 is 0 Å². The molecule has 102 valence electrons. The van der Waals surface area contributed by atoms with Crippen molar-refractivity contribution in [3.8, 4) is 0 Å². The number of fused-ring (bicyclic) bond motifs is 1. The number of ether oxygens (including phenoxy) is 1. The standard InChI is InChI=1S/C13H11N3O2S2/c17-11(16-13-14-5-6-19-13)7-18-8-12-15-9-3-1-2-4-10(9)20-12/h1-6H,7-8H2,(H,14,16,17). The van der Waals surface area contributed by atoms with Crippen LogP contribution in [0.3, 0.4) is 0 Å². The minimum absolute atomic E-state index is 0.00446. The van der Waals surface area contributed by atoms with Gasteiger partial charge < -0.3 is 4.74 Å². The van der Waals surface area contributed by atoms with E-state index in [1.807, 2.05) is 24.3 Å². The van der Waals surface area contributed by atoms with Gasteiger partial charge in [-0.2, -0.15) is 0 Å². The zero-order valence-corrected chi connectivity index (χ0v) is 12.0. The van der Waals surface area contributed by atoms with Crippen LogP contribution in [0.2, 0.25) is 0 Å². The normalized spacial score (nSPS) is 10.8. The van der Waals surface area contributed by atoms with Crippen LogP contribution in [0.25, 0.3) is 10.2 Å². The van der Waals surface area contributed by atoms with E-state index in [4.69, 9.17) is 4.74 Å². The summed E-state index contributed by atoms with van der Waals surface area (Å²) in [5.41, 5.74) is 0.961. The molecule has 0 saturated heterocycles. The molecule has 0 unspecified atom stereocenters. The van der Waals surface area contributed by atoms with Crippen molar-refractivity contribution in [3.05, 3.63) is 40.8 Å². The van der Waals surface area contributed by atoms with E-state index in [2.05, 4.69) is 15.3 Å². The molecule has 0 aliphatic carbocycles. The predicted molar refractivity (Wildman–Crippen MR) is 80.0 cm³/mol. The molecule has 2 heterocycles. The summed E-state index contributed by atoms with van der Waals surface area (Å²) in [5, 5.41) is 5.92. The fraction of sp³-hybridized carbons (Fsp3) is 0.154. The number of amides is 1. The van der Waals surface area contributed by atoms with Crippen molar-refractivity contribution < 1.29 is 9.53 Å². The van der Waals surface area contributed by atoms with Crippen LogP contribution in [0, 0.1) is 0 Å². The average molecular weight is 305 g/mol. The lowest BCUT2D eigenvalue weighted by Crippen LogP contribution is -2.17. The van der Waals surface area contributed by atoms with E-state index in [9.17, 15) is 4.79 Å². The molecule has 1 N–H and O–H groups in total. The number of hydrogen-bond donors (Lipinski definition) is 1. The largest absolute Gasteiger partial charge is 0.364 e. The maximum Gasteiger partial charge on any atom is 0.252 e. The number of carbonyl (C=O) groups is 1. The molecular formula is C13H11N3O2S2. The van der Waals surface area contributed by atoms with Crippen LogP contribution in [0.4, 0.5) is 5.13 Å². The zero-order chi connectivity index (χ0) is 13.8. The minimum Gasteiger partial charge on any atom is -0.364 e. The van der Waals surface area contributed by atoms with Gasteiger partial charge in [0.1, 0.15) is 11.6 Å². The third-order valence-corrected chi connectivity index (χ3v) is 4.17. The molecule has 0 saturated carbocycles. The van der Waals surface area contributed by atoms with Gasteiger partial charge in [-0.05, 0) is 12.1 Å². The molecule has 0 radical (unpaired) electrons. The van der Waals surface area contributed by atoms with Gasteiger partial charge in [0.15, 0.2) is 5.13 Å². The second kappa shape index (κ2) is 6.08. The summed E-state index contributed by atoms with van der Waals surface area (Å²) in [6.45, 7) is 0.333. The average Bonchev–Trinajstić information content (AvgIpc) is 3.07. The molecule has 20 heavy (non-hydrogen) atoms. The second-order valence-corrected chi connectivity index (χ2v) is 5.96. The fourth-order valence-electron chi connectivity index (χ4n) is 1.65. The number of thiazole rings is 2. The number of nitrogens with one attached hydrogen (secondary N) is 1. The first-order chi connectivity index (χ1) is 9.81. The Kier molecular flexibility index (Phi) is 4.00. The van der Waals surface area contributed by atoms with Crippen LogP contribution in [0.1, 0.15) is 5.01 Å². The number of rotatable bonds is 5. The van der Waals surface area contributed by atoms with Gasteiger partial charge in [-0.1, -0.05) is 12.1 Å². The molecule has 0 aliphatic heterocycles. The minimum atomic E-state index is -0.207. The lowest BCUT2D eigenvalue weighted by Gasteiger charge is -2.01. The monoisotopic (exact) mass is 305 g/mol. The Balaban J connectivity index is 1.51. The SMILES string of the molecule is O=C(COCc1nc2ccccc2s1)Nc1nccs1. The quantitative estimate of drug-likeness (QED) is 0.787. The van der Waals surface area contributed by atoms with Gasteiger partial charge in [-0.25, -0.2) is 9.97 Å². The van der Waals surface area contributed by atoms with E-state index in [1.54, 1.807) is 22.9 Å². The molecule has 7 heteroatoms. The van der Waals surface area contributed by atoms with Crippen molar-refractivity contribution in [1.82, 2.24) is 9.97 Å². The van der Waals surface area contributed by atoms with Crippen molar-refractivity contribution in [2.45, 2.75) is 6.61 Å². The van der Waals surface area contributed by atoms with E-state index < -0.39 is 0 Å². The summed E-state index contributed by atoms with van der Waals surface area (Å²) in [5.74, 6) is -0.207. The van der Waals surface area contributed by atoms with E-state index in [-0.39, 0.29) is 12.5 Å². The summed E-state index contributed by atoms with van der Waals surface area (Å²) in [6, 6.07) is 7.91. The molecule has 3 rings (SSSR count). The third kappa shape index (κ3) is 3.19. The molecule has 1 amide bonds. The van der Waals surface area contributed by atoms with E-state index in [0.717, 1.165) is 15.2 Å². The number of hydrogen-bond acceptors (Lipinski definition) is 6. The molecule has 0 bridgehead atoms. The second-order valence-electron chi connectivity index (χ2n) is 3.95. The van der Waals surface area contributed by atoms with E-state index in [1.165, 1.54) is 11.3 Å². The molecule has 2 aromatic heterocycles. The van der Waals surface area contributed by atoms with Gasteiger partial charge in [0.05, 0.1) is 16.8 Å². The predicted octanol–water partition coefficient (Wildman–Crippen LogP) is 2.91. The molecule has 5 nitrogen and oxygen atoms in total. The van der Waals surface area contributed by atoms with Crippen LogP contribution in [0.5, 0.6) is 0 Å². The van der Waals surface area contributed by atoms with Gasteiger partial charge in [0.25, 0.3) is 5.91 Å². The van der Waals surface area contributed by atoms with Gasteiger partial charge in [0, 0.05) is 11.6 Å².